The number of piperazine rings is 1. The lowest BCUT2D eigenvalue weighted by Gasteiger charge is -2.37. The highest BCUT2D eigenvalue weighted by Crippen LogP contribution is 2.31. The molecule has 0 atom stereocenters. The van der Waals surface area contributed by atoms with Gasteiger partial charge in [0.25, 0.3) is 10.0 Å². The summed E-state index contributed by atoms with van der Waals surface area (Å²) >= 11 is 0. The molecule has 2 heterocycles. The minimum Gasteiger partial charge on any atom is -0.478 e. The summed E-state index contributed by atoms with van der Waals surface area (Å²) < 4.78 is 28.5. The van der Waals surface area contributed by atoms with Crippen LogP contribution in [0.3, 0.4) is 0 Å². The smallest absolute Gasteiger partial charge is 0.335 e. The normalized spacial score (nSPS) is 14.3. The molecule has 3 aromatic rings. The highest BCUT2D eigenvalue weighted by atomic mass is 32.2. The van der Waals surface area contributed by atoms with Crippen molar-refractivity contribution in [1.29, 1.82) is 0 Å². The molecular formula is C23H24N4O4S. The number of pyridine rings is 1. The monoisotopic (exact) mass is 452 g/mol. The molecule has 0 radical (unpaired) electrons. The van der Waals surface area contributed by atoms with Crippen LogP contribution in [0.25, 0.3) is 0 Å². The first-order valence-corrected chi connectivity index (χ1v) is 11.7. The highest BCUT2D eigenvalue weighted by molar-refractivity contribution is 7.92. The highest BCUT2D eigenvalue weighted by Gasteiger charge is 2.23. The number of nitrogens with one attached hydrogen (secondary N) is 1. The van der Waals surface area contributed by atoms with Gasteiger partial charge in [-0.25, -0.2) is 18.2 Å². The molecular weight excluding hydrogens is 428 g/mol. The summed E-state index contributed by atoms with van der Waals surface area (Å²) in [6.45, 7) is 4.58. The Hall–Kier alpha value is -3.59. The van der Waals surface area contributed by atoms with Gasteiger partial charge < -0.3 is 14.9 Å². The zero-order valence-corrected chi connectivity index (χ0v) is 18.4. The summed E-state index contributed by atoms with van der Waals surface area (Å²) in [7, 11) is -3.88. The third kappa shape index (κ3) is 4.67. The lowest BCUT2D eigenvalue weighted by atomic mass is 10.1. The molecule has 1 aromatic heterocycles. The zero-order valence-electron chi connectivity index (χ0n) is 17.6. The number of carbonyl (C=O) groups is 1. The number of hydrogen-bond donors (Lipinski definition) is 2. The third-order valence-corrected chi connectivity index (χ3v) is 6.79. The molecule has 0 aliphatic carbocycles. The zero-order chi connectivity index (χ0) is 22.7. The number of aromatic carboxylic acids is 1. The van der Waals surface area contributed by atoms with Crippen molar-refractivity contribution in [3.8, 4) is 0 Å². The van der Waals surface area contributed by atoms with Crippen LogP contribution in [0, 0.1) is 6.92 Å². The van der Waals surface area contributed by atoms with Crippen LogP contribution < -0.4 is 14.5 Å². The van der Waals surface area contributed by atoms with E-state index in [9.17, 15) is 18.3 Å². The Bertz CT molecular complexity index is 1210. The molecule has 1 aliphatic rings. The second-order valence-corrected chi connectivity index (χ2v) is 9.30. The second kappa shape index (κ2) is 8.88. The predicted octanol–water partition coefficient (Wildman–Crippen LogP) is 3.22. The fourth-order valence-electron chi connectivity index (χ4n) is 3.66. The number of carboxylic acid groups (broad SMARTS) is 1. The van der Waals surface area contributed by atoms with Crippen LogP contribution in [-0.4, -0.2) is 50.7 Å². The number of anilines is 3. The summed E-state index contributed by atoms with van der Waals surface area (Å²) in [6, 6.07) is 16.8. The van der Waals surface area contributed by atoms with E-state index < -0.39 is 16.0 Å². The van der Waals surface area contributed by atoms with Gasteiger partial charge in [-0.1, -0.05) is 23.8 Å². The predicted molar refractivity (Wildman–Crippen MR) is 124 cm³/mol. The molecule has 8 nitrogen and oxygen atoms in total. The van der Waals surface area contributed by atoms with Crippen molar-refractivity contribution < 1.29 is 18.3 Å². The summed E-state index contributed by atoms with van der Waals surface area (Å²) in [5.74, 6) is -0.221. The molecule has 166 valence electrons. The van der Waals surface area contributed by atoms with Crippen molar-refractivity contribution in [2.45, 2.75) is 11.8 Å². The second-order valence-electron chi connectivity index (χ2n) is 7.62. The molecule has 9 heteroatoms. The maximum atomic E-state index is 13.0. The van der Waals surface area contributed by atoms with Gasteiger partial charge >= 0.3 is 5.97 Å². The lowest BCUT2D eigenvalue weighted by molar-refractivity contribution is 0.0697. The maximum absolute atomic E-state index is 13.0. The molecule has 0 spiro atoms. The van der Waals surface area contributed by atoms with Gasteiger partial charge in [0.2, 0.25) is 0 Å². The van der Waals surface area contributed by atoms with Gasteiger partial charge in [0.05, 0.1) is 21.8 Å². The Morgan fingerprint density at radius 1 is 0.969 bits per heavy atom. The van der Waals surface area contributed by atoms with Crippen molar-refractivity contribution in [2.24, 2.45) is 0 Å². The number of rotatable bonds is 6. The van der Waals surface area contributed by atoms with Crippen molar-refractivity contribution in [1.82, 2.24) is 4.98 Å². The average molecular weight is 453 g/mol. The van der Waals surface area contributed by atoms with Gasteiger partial charge in [-0.3, -0.25) is 4.72 Å². The number of nitrogens with zero attached hydrogens (tertiary/aromatic N) is 3. The fourth-order valence-corrected chi connectivity index (χ4v) is 4.73. The Kier molecular flexibility index (Phi) is 6.00. The first-order valence-electron chi connectivity index (χ1n) is 10.2. The van der Waals surface area contributed by atoms with Crippen LogP contribution in [-0.2, 0) is 10.0 Å². The van der Waals surface area contributed by atoms with E-state index in [0.29, 0.717) is 31.9 Å². The standard InChI is InChI=1S/C23H24N4O4S/c1-17-5-8-19(9-6-17)32(30,31)25-20-16-18(23(28)29)7-10-21(20)26-12-14-27(15-13-26)22-4-2-3-11-24-22/h2-11,16,25H,12-15H2,1H3,(H,28,29). The van der Waals surface area contributed by atoms with E-state index in [1.54, 1.807) is 24.4 Å². The van der Waals surface area contributed by atoms with Gasteiger partial charge in [0.15, 0.2) is 0 Å². The molecule has 0 saturated carbocycles. The number of benzene rings is 2. The molecule has 32 heavy (non-hydrogen) atoms. The summed E-state index contributed by atoms with van der Waals surface area (Å²) in [4.78, 5) is 20.2. The van der Waals surface area contributed by atoms with Gasteiger partial charge in [0, 0.05) is 32.4 Å². The number of aromatic nitrogens is 1. The molecule has 4 rings (SSSR count). The largest absolute Gasteiger partial charge is 0.478 e. The fraction of sp³-hybridized carbons (Fsp3) is 0.217. The van der Waals surface area contributed by atoms with Crippen molar-refractivity contribution in [3.63, 3.8) is 0 Å². The Morgan fingerprint density at radius 3 is 2.28 bits per heavy atom. The van der Waals surface area contributed by atoms with Crippen LogP contribution in [0.1, 0.15) is 15.9 Å². The number of hydrogen-bond acceptors (Lipinski definition) is 6. The van der Waals surface area contributed by atoms with E-state index in [1.807, 2.05) is 25.1 Å². The van der Waals surface area contributed by atoms with E-state index in [4.69, 9.17) is 0 Å². The van der Waals surface area contributed by atoms with E-state index in [2.05, 4.69) is 19.5 Å². The van der Waals surface area contributed by atoms with Crippen LogP contribution in [0.5, 0.6) is 0 Å². The van der Waals surface area contributed by atoms with E-state index in [0.717, 1.165) is 11.4 Å². The molecule has 0 amide bonds. The molecule has 1 saturated heterocycles. The first-order chi connectivity index (χ1) is 15.3. The average Bonchev–Trinajstić information content (AvgIpc) is 2.80. The SMILES string of the molecule is Cc1ccc(S(=O)(=O)Nc2cc(C(=O)O)ccc2N2CCN(c3ccccn3)CC2)cc1. The number of carboxylic acids is 1. The first kappa shape index (κ1) is 21.6. The van der Waals surface area contributed by atoms with Gasteiger partial charge in [-0.05, 0) is 49.4 Å². The molecule has 0 unspecified atom stereocenters. The Labute approximate surface area is 187 Å². The number of aryl methyl sites for hydroxylation is 1. The molecule has 2 aromatic carbocycles. The summed E-state index contributed by atoms with van der Waals surface area (Å²) in [6.07, 6.45) is 1.75. The summed E-state index contributed by atoms with van der Waals surface area (Å²) in [5, 5.41) is 9.41. The van der Waals surface area contributed by atoms with Crippen LogP contribution in [0.15, 0.2) is 71.8 Å². The van der Waals surface area contributed by atoms with Gasteiger partial charge in [0.1, 0.15) is 5.82 Å². The van der Waals surface area contributed by atoms with Gasteiger partial charge in [-0.15, -0.1) is 0 Å². The van der Waals surface area contributed by atoms with E-state index in [-0.39, 0.29) is 16.1 Å². The van der Waals surface area contributed by atoms with Gasteiger partial charge in [-0.2, -0.15) is 0 Å². The minimum absolute atomic E-state index is 0.0162. The number of sulfonamides is 1. The van der Waals surface area contributed by atoms with E-state index >= 15 is 0 Å². The lowest BCUT2D eigenvalue weighted by Crippen LogP contribution is -2.47. The van der Waals surface area contributed by atoms with Crippen molar-refractivity contribution in [2.75, 3.05) is 40.7 Å². The molecule has 0 bridgehead atoms. The van der Waals surface area contributed by atoms with Crippen LogP contribution in [0.2, 0.25) is 0 Å². The maximum Gasteiger partial charge on any atom is 0.335 e. The minimum atomic E-state index is -3.88. The summed E-state index contributed by atoms with van der Waals surface area (Å²) in [5.41, 5.74) is 1.86. The van der Waals surface area contributed by atoms with E-state index in [1.165, 1.54) is 24.3 Å². The molecule has 1 fully saturated rings. The Morgan fingerprint density at radius 2 is 1.66 bits per heavy atom. The Balaban J connectivity index is 1.60. The van der Waals surface area contributed by atoms with Crippen molar-refractivity contribution >= 4 is 33.2 Å². The van der Waals surface area contributed by atoms with Crippen LogP contribution in [0.4, 0.5) is 17.2 Å². The third-order valence-electron chi connectivity index (χ3n) is 5.41. The quantitative estimate of drug-likeness (QED) is 0.592. The van der Waals surface area contributed by atoms with Crippen LogP contribution >= 0.6 is 0 Å². The molecule has 1 aliphatic heterocycles. The van der Waals surface area contributed by atoms with Crippen molar-refractivity contribution in [3.05, 3.63) is 78.0 Å². The topological polar surface area (TPSA) is 103 Å². The molecule has 2 N–H and O–H groups in total.